The first-order valence-electron chi connectivity index (χ1n) is 4.38. The molecule has 92 valence electrons. The lowest BCUT2D eigenvalue weighted by Gasteiger charge is -2.16. The van der Waals surface area contributed by atoms with Gasteiger partial charge in [0.2, 0.25) is 5.91 Å². The third-order valence-electron chi connectivity index (χ3n) is 1.72. The third-order valence-corrected chi connectivity index (χ3v) is 1.72. The predicted octanol–water partition coefficient (Wildman–Crippen LogP) is -2.56. The highest BCUT2D eigenvalue weighted by atomic mass is 16.5. The zero-order valence-corrected chi connectivity index (χ0v) is 8.67. The lowest BCUT2D eigenvalue weighted by atomic mass is 10.2. The molecule has 0 radical (unpaired) electrons. The largest absolute Gasteiger partial charge is 0.481 e. The fourth-order valence-electron chi connectivity index (χ4n) is 0.881. The van der Waals surface area contributed by atoms with Crippen LogP contribution in [-0.2, 0) is 19.1 Å². The van der Waals surface area contributed by atoms with Crippen LogP contribution >= 0.6 is 0 Å². The van der Waals surface area contributed by atoms with Crippen molar-refractivity contribution in [2.45, 2.75) is 18.5 Å². The van der Waals surface area contributed by atoms with Gasteiger partial charge in [-0.1, -0.05) is 0 Å². The van der Waals surface area contributed by atoms with Gasteiger partial charge < -0.3 is 26.0 Å². The number of carboxylic acids is 1. The Morgan fingerprint density at radius 1 is 1.44 bits per heavy atom. The van der Waals surface area contributed by atoms with E-state index in [0.29, 0.717) is 0 Å². The number of rotatable bonds is 6. The highest BCUT2D eigenvalue weighted by Gasteiger charge is 2.24. The number of amides is 1. The van der Waals surface area contributed by atoms with Crippen LogP contribution in [0.1, 0.15) is 6.42 Å². The topological polar surface area (TPSA) is 139 Å². The quantitative estimate of drug-likeness (QED) is 0.370. The Kier molecular flexibility index (Phi) is 6.04. The summed E-state index contributed by atoms with van der Waals surface area (Å²) in [5.74, 6) is -2.91. The number of aliphatic hydroxyl groups excluding tert-OH is 1. The molecule has 0 rings (SSSR count). The van der Waals surface area contributed by atoms with Crippen LogP contribution in [0, 0.1) is 0 Å². The van der Waals surface area contributed by atoms with Crippen LogP contribution < -0.4 is 11.1 Å². The lowest BCUT2D eigenvalue weighted by molar-refractivity contribution is -0.146. The number of hydrogen-bond acceptors (Lipinski definition) is 6. The van der Waals surface area contributed by atoms with Crippen molar-refractivity contribution in [3.8, 4) is 0 Å². The van der Waals surface area contributed by atoms with E-state index in [0.717, 1.165) is 7.11 Å². The van der Waals surface area contributed by atoms with E-state index in [1.54, 1.807) is 0 Å². The molecular formula is C8H14N2O6. The highest BCUT2D eigenvalue weighted by Crippen LogP contribution is 1.92. The number of hydrogen-bond donors (Lipinski definition) is 4. The van der Waals surface area contributed by atoms with E-state index in [-0.39, 0.29) is 0 Å². The number of methoxy groups -OCH3 is 1. The zero-order valence-electron chi connectivity index (χ0n) is 8.67. The summed E-state index contributed by atoms with van der Waals surface area (Å²) < 4.78 is 4.29. The molecule has 0 aromatic heterocycles. The molecule has 8 heteroatoms. The fraction of sp³-hybridized carbons (Fsp3) is 0.625. The third kappa shape index (κ3) is 4.71. The SMILES string of the molecule is COC(=O)C(CO)NC(=O)C(N)CC(=O)O. The van der Waals surface area contributed by atoms with Crippen LogP contribution in [0.3, 0.4) is 0 Å². The Bertz CT molecular complexity index is 280. The van der Waals surface area contributed by atoms with Gasteiger partial charge in [-0.2, -0.15) is 0 Å². The summed E-state index contributed by atoms with van der Waals surface area (Å²) in [5.41, 5.74) is 5.24. The molecule has 2 atom stereocenters. The molecule has 2 unspecified atom stereocenters. The molecular weight excluding hydrogens is 220 g/mol. The number of aliphatic hydroxyl groups is 1. The first kappa shape index (κ1) is 14.3. The van der Waals surface area contributed by atoms with Gasteiger partial charge >= 0.3 is 11.9 Å². The maximum Gasteiger partial charge on any atom is 0.330 e. The van der Waals surface area contributed by atoms with E-state index in [1.807, 2.05) is 0 Å². The number of carboxylic acid groups (broad SMARTS) is 1. The van der Waals surface area contributed by atoms with Crippen molar-refractivity contribution in [1.29, 1.82) is 0 Å². The molecule has 0 aromatic rings. The van der Waals surface area contributed by atoms with Gasteiger partial charge in [-0.25, -0.2) is 4.79 Å². The number of ether oxygens (including phenoxy) is 1. The van der Waals surface area contributed by atoms with Crippen molar-refractivity contribution < 1.29 is 29.3 Å². The Balaban J connectivity index is 4.29. The van der Waals surface area contributed by atoms with Crippen LogP contribution in [-0.4, -0.2) is 53.9 Å². The monoisotopic (exact) mass is 234 g/mol. The molecule has 0 saturated heterocycles. The molecule has 0 bridgehead atoms. The summed E-state index contributed by atoms with van der Waals surface area (Å²) in [6.45, 7) is -0.655. The van der Waals surface area contributed by atoms with Crippen LogP contribution in [0.2, 0.25) is 0 Å². The molecule has 0 aliphatic carbocycles. The molecule has 0 aliphatic rings. The minimum Gasteiger partial charge on any atom is -0.481 e. The summed E-state index contributed by atoms with van der Waals surface area (Å²) in [6.07, 6.45) is -0.564. The number of nitrogens with one attached hydrogen (secondary N) is 1. The van der Waals surface area contributed by atoms with Gasteiger partial charge in [0, 0.05) is 0 Å². The molecule has 16 heavy (non-hydrogen) atoms. The summed E-state index contributed by atoms with van der Waals surface area (Å²) in [7, 11) is 1.09. The summed E-state index contributed by atoms with van der Waals surface area (Å²) in [5, 5.41) is 19.2. The molecule has 0 spiro atoms. The average molecular weight is 234 g/mol. The Labute approximate surface area is 91.4 Å². The van der Waals surface area contributed by atoms with Gasteiger partial charge in [0.15, 0.2) is 6.04 Å². The minimum atomic E-state index is -1.28. The van der Waals surface area contributed by atoms with Crippen molar-refractivity contribution >= 4 is 17.8 Å². The molecule has 0 saturated carbocycles. The van der Waals surface area contributed by atoms with Crippen LogP contribution in [0.4, 0.5) is 0 Å². The van der Waals surface area contributed by atoms with Crippen molar-refractivity contribution in [3.05, 3.63) is 0 Å². The summed E-state index contributed by atoms with van der Waals surface area (Å²) >= 11 is 0. The maximum absolute atomic E-state index is 11.2. The van der Waals surface area contributed by atoms with Crippen LogP contribution in [0.15, 0.2) is 0 Å². The standard InChI is InChI=1S/C8H14N2O6/c1-16-8(15)5(3-11)10-7(14)4(9)2-6(12)13/h4-5,11H,2-3,9H2,1H3,(H,10,14)(H,12,13). The van der Waals surface area contributed by atoms with Gasteiger partial charge in [-0.3, -0.25) is 9.59 Å². The Morgan fingerprint density at radius 2 is 2.00 bits per heavy atom. The Hall–Kier alpha value is -1.67. The summed E-state index contributed by atoms with van der Waals surface area (Å²) in [4.78, 5) is 32.5. The molecule has 0 aliphatic heterocycles. The van der Waals surface area contributed by atoms with Gasteiger partial charge in [-0.15, -0.1) is 0 Å². The van der Waals surface area contributed by atoms with E-state index in [9.17, 15) is 14.4 Å². The van der Waals surface area contributed by atoms with E-state index in [1.165, 1.54) is 0 Å². The zero-order chi connectivity index (χ0) is 12.7. The van der Waals surface area contributed by atoms with E-state index in [2.05, 4.69) is 10.1 Å². The van der Waals surface area contributed by atoms with Crippen molar-refractivity contribution in [2.24, 2.45) is 5.73 Å². The highest BCUT2D eigenvalue weighted by molar-refractivity contribution is 5.89. The number of aliphatic carboxylic acids is 1. The van der Waals surface area contributed by atoms with Crippen LogP contribution in [0.25, 0.3) is 0 Å². The van der Waals surface area contributed by atoms with E-state index >= 15 is 0 Å². The molecule has 0 fully saturated rings. The second kappa shape index (κ2) is 6.75. The maximum atomic E-state index is 11.2. The van der Waals surface area contributed by atoms with Crippen LogP contribution in [0.5, 0.6) is 0 Å². The van der Waals surface area contributed by atoms with Crippen molar-refractivity contribution in [2.75, 3.05) is 13.7 Å². The number of carbonyl (C=O) groups excluding carboxylic acids is 2. The second-order valence-corrected chi connectivity index (χ2v) is 2.97. The van der Waals surface area contributed by atoms with Gasteiger partial charge in [0.25, 0.3) is 0 Å². The lowest BCUT2D eigenvalue weighted by Crippen LogP contribution is -2.50. The first-order chi connectivity index (χ1) is 7.42. The van der Waals surface area contributed by atoms with E-state index < -0.39 is 43.0 Å². The average Bonchev–Trinajstić information content (AvgIpc) is 2.23. The molecule has 5 N–H and O–H groups in total. The van der Waals surface area contributed by atoms with Gasteiger partial charge in [-0.05, 0) is 0 Å². The van der Waals surface area contributed by atoms with Gasteiger partial charge in [0.1, 0.15) is 0 Å². The van der Waals surface area contributed by atoms with Crippen molar-refractivity contribution in [1.82, 2.24) is 5.32 Å². The molecule has 0 heterocycles. The van der Waals surface area contributed by atoms with Gasteiger partial charge in [0.05, 0.1) is 26.2 Å². The smallest absolute Gasteiger partial charge is 0.330 e. The molecule has 1 amide bonds. The minimum absolute atomic E-state index is 0.564. The Morgan fingerprint density at radius 3 is 2.38 bits per heavy atom. The van der Waals surface area contributed by atoms with Crippen molar-refractivity contribution in [3.63, 3.8) is 0 Å². The molecule has 8 nitrogen and oxygen atoms in total. The molecule has 0 aromatic carbocycles. The predicted molar refractivity (Wildman–Crippen MR) is 51.3 cm³/mol. The second-order valence-electron chi connectivity index (χ2n) is 2.97. The normalized spacial score (nSPS) is 13.7. The first-order valence-corrected chi connectivity index (χ1v) is 4.38. The van der Waals surface area contributed by atoms with E-state index in [4.69, 9.17) is 15.9 Å². The number of nitrogens with two attached hydrogens (primary N) is 1. The number of carbonyl (C=O) groups is 3. The summed E-state index contributed by atoms with van der Waals surface area (Å²) in [6, 6.07) is -2.52. The number of esters is 1. The fourth-order valence-corrected chi connectivity index (χ4v) is 0.881.